The number of nitrogens with zero attached hydrogens (tertiary/aromatic N) is 2. The number of likely N-dealkylation sites (tertiary alicyclic amines) is 1. The van der Waals surface area contributed by atoms with Crippen molar-refractivity contribution in [3.63, 3.8) is 0 Å². The topological polar surface area (TPSA) is 68.2 Å². The summed E-state index contributed by atoms with van der Waals surface area (Å²) in [5, 5.41) is 0.760. The van der Waals surface area contributed by atoms with Crippen LogP contribution in [-0.2, 0) is 26.0 Å². The largest absolute Gasteiger partial charge is 0.325 e. The van der Waals surface area contributed by atoms with Crippen LogP contribution in [0.15, 0.2) is 29.3 Å². The maximum atomic E-state index is 12.1. The van der Waals surface area contributed by atoms with E-state index in [9.17, 15) is 8.42 Å². The molecule has 0 N–H and O–H groups in total. The molecule has 27 heavy (non-hydrogen) atoms. The van der Waals surface area contributed by atoms with Crippen LogP contribution in [0.25, 0.3) is 0 Å². The Morgan fingerprint density at radius 1 is 1.22 bits per heavy atom. The number of hydrogen-bond donors (Lipinski definition) is 0. The molecule has 0 amide bonds. The SMILES string of the molecule is CCOOC=N[C@@H]1CS(=O)(=O)C[C@H]1N1CCC(Cc2ccc(Cl)cc2)CC1. The van der Waals surface area contributed by atoms with Gasteiger partial charge in [-0.05, 0) is 62.9 Å². The summed E-state index contributed by atoms with van der Waals surface area (Å²) in [5.41, 5.74) is 1.30. The zero-order chi connectivity index (χ0) is 19.3. The van der Waals surface area contributed by atoms with Crippen molar-refractivity contribution in [3.05, 3.63) is 34.9 Å². The lowest BCUT2D eigenvalue weighted by atomic mass is 9.89. The molecule has 3 rings (SSSR count). The average Bonchev–Trinajstić information content (AvgIpc) is 2.96. The van der Waals surface area contributed by atoms with E-state index >= 15 is 0 Å². The molecule has 2 saturated heterocycles. The van der Waals surface area contributed by atoms with Crippen molar-refractivity contribution in [2.24, 2.45) is 10.9 Å². The molecule has 0 saturated carbocycles. The summed E-state index contributed by atoms with van der Waals surface area (Å²) in [6.07, 6.45) is 4.39. The maximum Gasteiger partial charge on any atom is 0.215 e. The molecule has 0 aliphatic carbocycles. The van der Waals surface area contributed by atoms with Crippen LogP contribution in [0.1, 0.15) is 25.3 Å². The van der Waals surface area contributed by atoms with Gasteiger partial charge >= 0.3 is 0 Å². The van der Waals surface area contributed by atoms with Crippen LogP contribution in [-0.4, -0.2) is 63.0 Å². The summed E-state index contributed by atoms with van der Waals surface area (Å²) >= 11 is 5.95. The van der Waals surface area contributed by atoms with Crippen LogP contribution in [0.3, 0.4) is 0 Å². The fourth-order valence-corrected chi connectivity index (χ4v) is 5.99. The summed E-state index contributed by atoms with van der Waals surface area (Å²) in [6.45, 7) is 4.03. The number of sulfone groups is 1. The Hall–Kier alpha value is -1.15. The van der Waals surface area contributed by atoms with Crippen molar-refractivity contribution in [2.75, 3.05) is 31.2 Å². The molecule has 6 nitrogen and oxygen atoms in total. The van der Waals surface area contributed by atoms with Crippen molar-refractivity contribution in [3.8, 4) is 0 Å². The van der Waals surface area contributed by atoms with Gasteiger partial charge in [-0.25, -0.2) is 13.4 Å². The van der Waals surface area contributed by atoms with Gasteiger partial charge in [0, 0.05) is 11.1 Å². The lowest BCUT2D eigenvalue weighted by Crippen LogP contribution is -2.47. The van der Waals surface area contributed by atoms with Gasteiger partial charge in [0.15, 0.2) is 9.84 Å². The Labute approximate surface area is 166 Å². The highest BCUT2D eigenvalue weighted by atomic mass is 35.5. The van der Waals surface area contributed by atoms with E-state index in [1.54, 1.807) is 0 Å². The maximum absolute atomic E-state index is 12.1. The molecular weight excluding hydrogens is 388 g/mol. The molecule has 1 aromatic carbocycles. The highest BCUT2D eigenvalue weighted by molar-refractivity contribution is 7.91. The van der Waals surface area contributed by atoms with Crippen molar-refractivity contribution < 1.29 is 18.2 Å². The van der Waals surface area contributed by atoms with Gasteiger partial charge in [0.2, 0.25) is 6.40 Å². The lowest BCUT2D eigenvalue weighted by molar-refractivity contribution is -0.212. The van der Waals surface area contributed by atoms with E-state index in [1.165, 1.54) is 12.0 Å². The zero-order valence-electron chi connectivity index (χ0n) is 15.6. The first-order chi connectivity index (χ1) is 13.0. The second-order valence-electron chi connectivity index (χ2n) is 7.28. The summed E-state index contributed by atoms with van der Waals surface area (Å²) in [6, 6.07) is 7.67. The smallest absolute Gasteiger partial charge is 0.215 e. The standard InChI is InChI=1S/C19H27ClN2O4S/c1-2-25-26-14-21-18-12-27(23,24)13-19(18)22-9-7-16(8-10-22)11-15-3-5-17(20)6-4-15/h3-6,14,16,18-19H,2,7-13H2,1H3/t18-,19-/m1/s1. The normalized spacial score (nSPS) is 26.6. The monoisotopic (exact) mass is 414 g/mol. The van der Waals surface area contributed by atoms with Crippen molar-refractivity contribution in [2.45, 2.75) is 38.3 Å². The van der Waals surface area contributed by atoms with Crippen LogP contribution in [0.4, 0.5) is 0 Å². The number of benzene rings is 1. The van der Waals surface area contributed by atoms with Gasteiger partial charge in [-0.2, -0.15) is 4.89 Å². The number of aliphatic imine (C=N–C) groups is 1. The molecule has 2 aliphatic heterocycles. The molecule has 150 valence electrons. The Morgan fingerprint density at radius 2 is 1.93 bits per heavy atom. The Morgan fingerprint density at radius 3 is 2.59 bits per heavy atom. The molecule has 0 unspecified atom stereocenters. The molecular formula is C19H27ClN2O4S. The fraction of sp³-hybridized carbons (Fsp3) is 0.632. The third kappa shape index (κ3) is 5.91. The van der Waals surface area contributed by atoms with Gasteiger partial charge in [-0.1, -0.05) is 23.7 Å². The van der Waals surface area contributed by atoms with Gasteiger partial charge in [0.1, 0.15) is 0 Å². The molecule has 2 atom stereocenters. The van der Waals surface area contributed by atoms with E-state index in [4.69, 9.17) is 21.4 Å². The van der Waals surface area contributed by atoms with Gasteiger partial charge in [-0.15, -0.1) is 0 Å². The lowest BCUT2D eigenvalue weighted by Gasteiger charge is -2.37. The zero-order valence-corrected chi connectivity index (χ0v) is 17.2. The predicted octanol–water partition coefficient (Wildman–Crippen LogP) is 2.76. The predicted molar refractivity (Wildman–Crippen MR) is 107 cm³/mol. The number of halogens is 1. The highest BCUT2D eigenvalue weighted by Crippen LogP contribution is 2.28. The van der Waals surface area contributed by atoms with E-state index in [0.717, 1.165) is 37.4 Å². The van der Waals surface area contributed by atoms with Crippen LogP contribution < -0.4 is 0 Å². The third-order valence-electron chi connectivity index (χ3n) is 5.33. The van der Waals surface area contributed by atoms with Gasteiger partial charge in [-0.3, -0.25) is 4.90 Å². The van der Waals surface area contributed by atoms with E-state index in [1.807, 2.05) is 19.1 Å². The number of piperidine rings is 1. The minimum Gasteiger partial charge on any atom is -0.325 e. The molecule has 2 fully saturated rings. The van der Waals surface area contributed by atoms with Crippen molar-refractivity contribution in [1.29, 1.82) is 0 Å². The number of rotatable bonds is 7. The third-order valence-corrected chi connectivity index (χ3v) is 7.28. The molecule has 0 bridgehead atoms. The Kier molecular flexibility index (Phi) is 7.14. The minimum absolute atomic E-state index is 0.0760. The summed E-state index contributed by atoms with van der Waals surface area (Å²) in [5.74, 6) is 0.864. The summed E-state index contributed by atoms with van der Waals surface area (Å²) in [7, 11) is -3.07. The molecule has 8 heteroatoms. The molecule has 0 spiro atoms. The van der Waals surface area contributed by atoms with Crippen molar-refractivity contribution >= 4 is 27.8 Å². The average molecular weight is 415 g/mol. The quantitative estimate of drug-likeness (QED) is 0.225. The van der Waals surface area contributed by atoms with Gasteiger partial charge in [0.05, 0.1) is 24.2 Å². The van der Waals surface area contributed by atoms with E-state index < -0.39 is 9.84 Å². The molecule has 2 aliphatic rings. The summed E-state index contributed by atoms with van der Waals surface area (Å²) < 4.78 is 24.3. The van der Waals surface area contributed by atoms with Crippen molar-refractivity contribution in [1.82, 2.24) is 4.90 Å². The fourth-order valence-electron chi connectivity index (χ4n) is 3.95. The van der Waals surface area contributed by atoms with Crippen LogP contribution in [0.2, 0.25) is 5.02 Å². The Balaban J connectivity index is 1.55. The van der Waals surface area contributed by atoms with Crippen LogP contribution in [0.5, 0.6) is 0 Å². The van der Waals surface area contributed by atoms with E-state index in [-0.39, 0.29) is 23.6 Å². The molecule has 1 aromatic rings. The van der Waals surface area contributed by atoms with E-state index in [0.29, 0.717) is 12.5 Å². The highest BCUT2D eigenvalue weighted by Gasteiger charge is 2.41. The minimum atomic E-state index is -3.07. The first-order valence-electron chi connectivity index (χ1n) is 9.45. The van der Waals surface area contributed by atoms with Gasteiger partial charge < -0.3 is 4.89 Å². The van der Waals surface area contributed by atoms with Crippen LogP contribution >= 0.6 is 11.6 Å². The Bertz CT molecular complexity index is 731. The second kappa shape index (κ2) is 9.37. The molecule has 0 radical (unpaired) electrons. The number of hydrogen-bond acceptors (Lipinski definition) is 6. The molecule has 0 aromatic heterocycles. The summed E-state index contributed by atoms with van der Waals surface area (Å²) in [4.78, 5) is 16.2. The first-order valence-corrected chi connectivity index (χ1v) is 11.7. The van der Waals surface area contributed by atoms with Crippen LogP contribution in [0, 0.1) is 5.92 Å². The molecule has 2 heterocycles. The van der Waals surface area contributed by atoms with E-state index in [2.05, 4.69) is 22.0 Å². The second-order valence-corrected chi connectivity index (χ2v) is 9.87. The first kappa shape index (κ1) is 20.6. The van der Waals surface area contributed by atoms with Gasteiger partial charge in [0.25, 0.3) is 0 Å².